The lowest BCUT2D eigenvalue weighted by Gasteiger charge is -2.16. The van der Waals surface area contributed by atoms with Crippen LogP contribution in [-0.4, -0.2) is 20.7 Å². The van der Waals surface area contributed by atoms with Crippen LogP contribution in [0.2, 0.25) is 0 Å². The Morgan fingerprint density at radius 2 is 1.94 bits per heavy atom. The van der Waals surface area contributed by atoms with E-state index in [1.54, 1.807) is 30.6 Å². The Morgan fingerprint density at radius 3 is 2.53 bits per heavy atom. The molecule has 3 aromatic rings. The second-order valence-corrected chi connectivity index (χ2v) is 8.78. The lowest BCUT2D eigenvalue weighted by atomic mass is 10.1. The molecule has 9 heteroatoms. The molecule has 0 saturated carbocycles. The fourth-order valence-electron chi connectivity index (χ4n) is 2.84. The lowest BCUT2D eigenvalue weighted by Crippen LogP contribution is -2.17. The summed E-state index contributed by atoms with van der Waals surface area (Å²) >= 11 is 1.37. The third-order valence-corrected chi connectivity index (χ3v) is 6.12. The quantitative estimate of drug-likeness (QED) is 0.407. The molecule has 5 nitrogen and oxygen atoms in total. The van der Waals surface area contributed by atoms with Crippen molar-refractivity contribution in [1.29, 1.82) is 0 Å². The van der Waals surface area contributed by atoms with E-state index in [2.05, 4.69) is 10.3 Å². The molecule has 1 aromatic heterocycles. The molecule has 1 amide bonds. The number of carbonyl (C=O) groups is 1. The third kappa shape index (κ3) is 6.06. The van der Waals surface area contributed by atoms with Gasteiger partial charge in [-0.3, -0.25) is 4.79 Å². The highest BCUT2D eigenvalue weighted by molar-refractivity contribution is 7.99. The Labute approximate surface area is 189 Å². The number of hydrogen-bond donors (Lipinski definition) is 1. The first-order chi connectivity index (χ1) is 15.2. The number of alkyl halides is 3. The van der Waals surface area contributed by atoms with Crippen LogP contribution in [0.3, 0.4) is 0 Å². The van der Waals surface area contributed by atoms with Gasteiger partial charge < -0.3 is 14.6 Å². The minimum Gasteiger partial charge on any atom is -0.486 e. The van der Waals surface area contributed by atoms with Crippen molar-refractivity contribution in [3.05, 3.63) is 71.8 Å². The van der Waals surface area contributed by atoms with Crippen molar-refractivity contribution in [2.45, 2.75) is 43.2 Å². The molecule has 1 N–H and O–H groups in total. The molecule has 1 heterocycles. The van der Waals surface area contributed by atoms with Crippen LogP contribution >= 0.6 is 11.8 Å². The minimum absolute atomic E-state index is 0.190. The number of anilines is 1. The molecule has 0 spiro atoms. The molecule has 0 aliphatic heterocycles. The fraction of sp³-hybridized carbons (Fsp3) is 0.304. The van der Waals surface area contributed by atoms with Gasteiger partial charge in [-0.15, -0.1) is 11.8 Å². The monoisotopic (exact) mass is 463 g/mol. The fourth-order valence-corrected chi connectivity index (χ4v) is 3.80. The van der Waals surface area contributed by atoms with E-state index >= 15 is 0 Å². The van der Waals surface area contributed by atoms with Gasteiger partial charge in [0.15, 0.2) is 0 Å². The van der Waals surface area contributed by atoms with E-state index < -0.39 is 17.6 Å². The van der Waals surface area contributed by atoms with Crippen LogP contribution in [0.1, 0.15) is 42.0 Å². The Morgan fingerprint density at radius 1 is 1.22 bits per heavy atom. The largest absolute Gasteiger partial charge is 0.486 e. The Bertz CT molecular complexity index is 1070. The molecule has 1 atom stereocenters. The number of imidazole rings is 1. The van der Waals surface area contributed by atoms with Crippen molar-refractivity contribution in [1.82, 2.24) is 9.55 Å². The summed E-state index contributed by atoms with van der Waals surface area (Å²) in [7, 11) is 1.85. The highest BCUT2D eigenvalue weighted by Gasteiger charge is 2.34. The molecular formula is C23H24F3N3O2S. The number of carbonyl (C=O) groups excluding carboxylic acids is 1. The molecule has 0 aliphatic carbocycles. The second kappa shape index (κ2) is 10.1. The zero-order valence-electron chi connectivity index (χ0n) is 17.9. The van der Waals surface area contributed by atoms with Crippen molar-refractivity contribution in [2.24, 2.45) is 7.05 Å². The molecule has 0 bridgehead atoms. The topological polar surface area (TPSA) is 56.1 Å². The Kier molecular flexibility index (Phi) is 7.50. The van der Waals surface area contributed by atoms with Gasteiger partial charge in [0.2, 0.25) is 0 Å². The van der Waals surface area contributed by atoms with Crippen LogP contribution < -0.4 is 10.1 Å². The molecule has 2 aromatic carbocycles. The standard InChI is InChI=1S/C23H24F3N3O2S/c1-4-15(2)32-18-9-10-20(19(13-18)23(24,25)26)28-22(30)16-5-7-17(8-6-16)31-14-21-27-11-12-29(21)3/h5-13,15H,4,14H2,1-3H3,(H,28,30). The van der Waals surface area contributed by atoms with Crippen LogP contribution in [0.25, 0.3) is 0 Å². The predicted molar refractivity (Wildman–Crippen MR) is 119 cm³/mol. The number of aromatic nitrogens is 2. The summed E-state index contributed by atoms with van der Waals surface area (Å²) in [5.74, 6) is 0.627. The first kappa shape index (κ1) is 23.7. The SMILES string of the molecule is CCC(C)Sc1ccc(NC(=O)c2ccc(OCc3nccn3C)cc2)c(C(F)(F)F)c1. The number of amides is 1. The smallest absolute Gasteiger partial charge is 0.418 e. The summed E-state index contributed by atoms with van der Waals surface area (Å²) in [6, 6.07) is 10.2. The van der Waals surface area contributed by atoms with Gasteiger partial charge in [-0.1, -0.05) is 13.8 Å². The number of nitrogens with one attached hydrogen (secondary N) is 1. The maximum atomic E-state index is 13.6. The number of ether oxygens (including phenoxy) is 1. The van der Waals surface area contributed by atoms with Crippen molar-refractivity contribution in [3.63, 3.8) is 0 Å². The van der Waals surface area contributed by atoms with Crippen LogP contribution in [-0.2, 0) is 19.8 Å². The highest BCUT2D eigenvalue weighted by Crippen LogP contribution is 2.38. The zero-order valence-corrected chi connectivity index (χ0v) is 18.8. The van der Waals surface area contributed by atoms with Crippen LogP contribution in [0.5, 0.6) is 5.75 Å². The molecule has 0 saturated heterocycles. The van der Waals surface area contributed by atoms with Gasteiger partial charge in [-0.2, -0.15) is 13.2 Å². The predicted octanol–water partition coefficient (Wildman–Crippen LogP) is 6.16. The van der Waals surface area contributed by atoms with Gasteiger partial charge in [-0.05, 0) is 48.9 Å². The number of aryl methyl sites for hydroxylation is 1. The van der Waals surface area contributed by atoms with E-state index in [4.69, 9.17) is 4.74 Å². The molecule has 0 fully saturated rings. The molecule has 3 rings (SSSR count). The Hall–Kier alpha value is -2.94. The molecule has 32 heavy (non-hydrogen) atoms. The Balaban J connectivity index is 1.71. The van der Waals surface area contributed by atoms with Crippen molar-refractivity contribution in [2.75, 3.05) is 5.32 Å². The molecule has 1 unspecified atom stereocenters. The average molecular weight is 464 g/mol. The normalized spacial score (nSPS) is 12.4. The first-order valence-corrected chi connectivity index (χ1v) is 10.9. The van der Waals surface area contributed by atoms with Crippen LogP contribution in [0.4, 0.5) is 18.9 Å². The number of hydrogen-bond acceptors (Lipinski definition) is 4. The number of rotatable bonds is 8. The third-order valence-electron chi connectivity index (χ3n) is 4.86. The van der Waals surface area contributed by atoms with Crippen molar-refractivity contribution < 1.29 is 22.7 Å². The lowest BCUT2D eigenvalue weighted by molar-refractivity contribution is -0.137. The molecule has 170 valence electrons. The van der Waals surface area contributed by atoms with Gasteiger partial charge in [0.25, 0.3) is 5.91 Å². The maximum absolute atomic E-state index is 13.6. The van der Waals surface area contributed by atoms with Crippen molar-refractivity contribution in [3.8, 4) is 5.75 Å². The highest BCUT2D eigenvalue weighted by atomic mass is 32.2. The van der Waals surface area contributed by atoms with E-state index in [0.717, 1.165) is 18.3 Å². The zero-order chi connectivity index (χ0) is 23.3. The maximum Gasteiger partial charge on any atom is 0.418 e. The van der Waals surface area contributed by atoms with E-state index in [1.165, 1.54) is 30.0 Å². The first-order valence-electron chi connectivity index (χ1n) is 10.1. The summed E-state index contributed by atoms with van der Waals surface area (Å²) < 4.78 is 48.3. The van der Waals surface area contributed by atoms with Gasteiger partial charge in [-0.25, -0.2) is 4.98 Å². The van der Waals surface area contributed by atoms with E-state index in [9.17, 15) is 18.0 Å². The summed E-state index contributed by atoms with van der Waals surface area (Å²) in [6.07, 6.45) is -0.281. The van der Waals surface area contributed by atoms with Gasteiger partial charge in [0.1, 0.15) is 18.2 Å². The van der Waals surface area contributed by atoms with Crippen molar-refractivity contribution >= 4 is 23.4 Å². The van der Waals surface area contributed by atoms with Crippen LogP contribution in [0.15, 0.2) is 59.8 Å². The number of halogens is 3. The second-order valence-electron chi connectivity index (χ2n) is 7.26. The van der Waals surface area contributed by atoms with E-state index in [0.29, 0.717) is 10.6 Å². The van der Waals surface area contributed by atoms with Gasteiger partial charge >= 0.3 is 6.18 Å². The molecule has 0 aliphatic rings. The van der Waals surface area contributed by atoms with E-state index in [-0.39, 0.29) is 23.1 Å². The van der Waals surface area contributed by atoms with Gasteiger partial charge in [0.05, 0.1) is 11.3 Å². The van der Waals surface area contributed by atoms with Gasteiger partial charge in [0, 0.05) is 35.2 Å². The summed E-state index contributed by atoms with van der Waals surface area (Å²) in [5.41, 5.74) is -0.916. The summed E-state index contributed by atoms with van der Waals surface area (Å²) in [5, 5.41) is 2.58. The van der Waals surface area contributed by atoms with E-state index in [1.807, 2.05) is 25.5 Å². The average Bonchev–Trinajstić information content (AvgIpc) is 3.17. The number of thioether (sulfide) groups is 1. The molecule has 0 radical (unpaired) electrons. The molecular weight excluding hydrogens is 439 g/mol. The van der Waals surface area contributed by atoms with Crippen LogP contribution in [0, 0.1) is 0 Å². The number of benzene rings is 2. The number of nitrogens with zero attached hydrogens (tertiary/aromatic N) is 2. The summed E-state index contributed by atoms with van der Waals surface area (Å²) in [6.45, 7) is 4.19. The minimum atomic E-state index is -4.59. The summed E-state index contributed by atoms with van der Waals surface area (Å²) in [4.78, 5) is 17.2.